The maximum absolute atomic E-state index is 12.5. The Morgan fingerprint density at radius 2 is 2.23 bits per heavy atom. The molecule has 72 valence electrons. The van der Waals surface area contributed by atoms with Crippen LogP contribution in [0.5, 0.6) is 0 Å². The van der Waals surface area contributed by atoms with Gasteiger partial charge in [-0.15, -0.1) is 0 Å². The molecule has 0 atom stereocenters. The zero-order valence-electron chi connectivity index (χ0n) is 6.82. The lowest BCUT2D eigenvalue weighted by molar-refractivity contribution is 0.145. The van der Waals surface area contributed by atoms with E-state index in [1.165, 1.54) is 0 Å². The highest BCUT2D eigenvalue weighted by Gasteiger charge is 2.16. The lowest BCUT2D eigenvalue weighted by atomic mass is 10.2. The van der Waals surface area contributed by atoms with E-state index in [1.54, 1.807) is 13.0 Å². The highest BCUT2D eigenvalue weighted by molar-refractivity contribution is 14.1. The summed E-state index contributed by atoms with van der Waals surface area (Å²) in [5.41, 5.74) is 1.10. The van der Waals surface area contributed by atoms with Gasteiger partial charge in [0.2, 0.25) is 0 Å². The first-order valence-electron chi connectivity index (χ1n) is 3.56. The molecule has 1 aromatic heterocycles. The van der Waals surface area contributed by atoms with Gasteiger partial charge in [0.15, 0.2) is 0 Å². The molecule has 0 aromatic carbocycles. The molecule has 1 heterocycles. The molecule has 0 aliphatic heterocycles. The molecule has 0 saturated carbocycles. The van der Waals surface area contributed by atoms with Crippen molar-refractivity contribution in [2.75, 3.05) is 0 Å². The number of alkyl halides is 3. The Kier molecular flexibility index (Phi) is 4.03. The highest BCUT2D eigenvalue weighted by atomic mass is 127. The lowest BCUT2D eigenvalue weighted by Gasteiger charge is -2.08. The van der Waals surface area contributed by atoms with E-state index in [0.717, 1.165) is 3.57 Å². The van der Waals surface area contributed by atoms with E-state index in [9.17, 15) is 8.78 Å². The molecule has 0 bridgehead atoms. The Labute approximate surface area is 97.2 Å². The molecule has 0 fully saturated rings. The summed E-state index contributed by atoms with van der Waals surface area (Å²) in [7, 11) is 0. The minimum absolute atomic E-state index is 0.110. The van der Waals surface area contributed by atoms with Gasteiger partial charge in [-0.05, 0) is 35.6 Å². The molecule has 0 aliphatic carbocycles. The number of halogens is 4. The second-order valence-electron chi connectivity index (χ2n) is 2.54. The van der Waals surface area contributed by atoms with Crippen LogP contribution in [-0.4, -0.2) is 4.98 Å². The van der Waals surface area contributed by atoms with E-state index in [1.807, 2.05) is 22.6 Å². The molecular formula is C8H7BrF2IN. The van der Waals surface area contributed by atoms with Gasteiger partial charge in [-0.3, -0.25) is 4.98 Å². The fourth-order valence-corrected chi connectivity index (χ4v) is 3.03. The molecule has 0 unspecified atom stereocenters. The van der Waals surface area contributed by atoms with Crippen LogP contribution in [0.25, 0.3) is 0 Å². The maximum Gasteiger partial charge on any atom is 0.280 e. The Hall–Kier alpha value is 0.220. The molecule has 0 amide bonds. The highest BCUT2D eigenvalue weighted by Crippen LogP contribution is 2.27. The average molecular weight is 362 g/mol. The van der Waals surface area contributed by atoms with Gasteiger partial charge < -0.3 is 0 Å². The quantitative estimate of drug-likeness (QED) is 0.576. The van der Waals surface area contributed by atoms with Gasteiger partial charge in [0.25, 0.3) is 6.43 Å². The fourth-order valence-electron chi connectivity index (χ4n) is 0.995. The molecule has 1 aromatic rings. The minimum atomic E-state index is -2.50. The van der Waals surface area contributed by atoms with Gasteiger partial charge in [0, 0.05) is 20.2 Å². The molecule has 0 spiro atoms. The summed E-state index contributed by atoms with van der Waals surface area (Å²) in [4.78, 5) is 3.82. The molecule has 5 heteroatoms. The smallest absolute Gasteiger partial charge is 0.252 e. The topological polar surface area (TPSA) is 12.9 Å². The third kappa shape index (κ3) is 2.59. The van der Waals surface area contributed by atoms with E-state index < -0.39 is 6.43 Å². The Balaban J connectivity index is 3.29. The third-order valence-electron chi connectivity index (χ3n) is 1.57. The van der Waals surface area contributed by atoms with Crippen molar-refractivity contribution in [3.05, 3.63) is 26.6 Å². The molecule has 0 N–H and O–H groups in total. The number of pyridine rings is 1. The Bertz CT molecular complexity index is 317. The first kappa shape index (κ1) is 11.3. The number of aryl methyl sites for hydroxylation is 1. The second kappa shape index (κ2) is 4.63. The predicted octanol–water partition coefficient (Wildman–Crippen LogP) is 3.83. The third-order valence-corrected chi connectivity index (χ3v) is 3.09. The Morgan fingerprint density at radius 3 is 2.69 bits per heavy atom. The summed E-state index contributed by atoms with van der Waals surface area (Å²) in [5.74, 6) is 0. The van der Waals surface area contributed by atoms with Crippen LogP contribution in [0, 0.1) is 10.5 Å². The van der Waals surface area contributed by atoms with Crippen LogP contribution < -0.4 is 0 Å². The molecule has 0 aliphatic rings. The normalized spacial score (nSPS) is 10.9. The number of nitrogens with zero attached hydrogens (tertiary/aromatic N) is 1. The molecule has 1 rings (SSSR count). The first-order chi connectivity index (χ1) is 6.06. The van der Waals surface area contributed by atoms with Gasteiger partial charge >= 0.3 is 0 Å². The zero-order chi connectivity index (χ0) is 10.0. The van der Waals surface area contributed by atoms with Crippen LogP contribution in [0.15, 0.2) is 6.07 Å². The van der Waals surface area contributed by atoms with Gasteiger partial charge in [-0.25, -0.2) is 8.78 Å². The van der Waals surface area contributed by atoms with Crippen molar-refractivity contribution in [2.45, 2.75) is 18.7 Å². The summed E-state index contributed by atoms with van der Waals surface area (Å²) in [5, 5.41) is 0.415. The van der Waals surface area contributed by atoms with Gasteiger partial charge in [-0.2, -0.15) is 0 Å². The summed E-state index contributed by atoms with van der Waals surface area (Å²) in [6.45, 7) is 1.71. The second-order valence-corrected chi connectivity index (χ2v) is 4.27. The van der Waals surface area contributed by atoms with Crippen LogP contribution in [-0.2, 0) is 5.33 Å². The maximum atomic E-state index is 12.5. The van der Waals surface area contributed by atoms with E-state index in [-0.39, 0.29) is 5.69 Å². The van der Waals surface area contributed by atoms with Crippen molar-refractivity contribution in [3.63, 3.8) is 0 Å². The summed E-state index contributed by atoms with van der Waals surface area (Å²) in [6.07, 6.45) is -2.50. The Morgan fingerprint density at radius 1 is 1.62 bits per heavy atom. The van der Waals surface area contributed by atoms with Gasteiger partial charge in [0.1, 0.15) is 5.69 Å². The molecule has 0 saturated heterocycles. The number of rotatable bonds is 2. The monoisotopic (exact) mass is 361 g/mol. The van der Waals surface area contributed by atoms with Crippen molar-refractivity contribution >= 4 is 38.5 Å². The number of aromatic nitrogens is 1. The van der Waals surface area contributed by atoms with Crippen LogP contribution in [0.2, 0.25) is 0 Å². The largest absolute Gasteiger partial charge is 0.280 e. The van der Waals surface area contributed by atoms with E-state index in [2.05, 4.69) is 20.9 Å². The van der Waals surface area contributed by atoms with Crippen molar-refractivity contribution < 1.29 is 8.78 Å². The zero-order valence-corrected chi connectivity index (χ0v) is 10.6. The first-order valence-corrected chi connectivity index (χ1v) is 5.76. The SMILES string of the molecule is Cc1cc(I)c(CBr)c(C(F)F)n1. The number of hydrogen-bond donors (Lipinski definition) is 0. The lowest BCUT2D eigenvalue weighted by Crippen LogP contribution is -2.01. The van der Waals surface area contributed by atoms with E-state index in [0.29, 0.717) is 16.6 Å². The fraction of sp³-hybridized carbons (Fsp3) is 0.375. The van der Waals surface area contributed by atoms with Crippen molar-refractivity contribution in [1.29, 1.82) is 0 Å². The number of hydrogen-bond acceptors (Lipinski definition) is 1. The summed E-state index contributed by atoms with van der Waals surface area (Å²) in [6, 6.07) is 1.79. The summed E-state index contributed by atoms with van der Waals surface area (Å²) < 4.78 is 25.8. The van der Waals surface area contributed by atoms with Crippen molar-refractivity contribution in [1.82, 2.24) is 4.98 Å². The van der Waals surface area contributed by atoms with E-state index >= 15 is 0 Å². The van der Waals surface area contributed by atoms with Crippen LogP contribution in [0.1, 0.15) is 23.4 Å². The average Bonchev–Trinajstić information content (AvgIpc) is 2.02. The van der Waals surface area contributed by atoms with Crippen LogP contribution >= 0.6 is 38.5 Å². The standard InChI is InChI=1S/C8H7BrF2IN/c1-4-2-6(12)5(3-9)7(13-4)8(10)11/h2,8H,3H2,1H3. The predicted molar refractivity (Wildman–Crippen MR) is 59.3 cm³/mol. The molecular weight excluding hydrogens is 355 g/mol. The van der Waals surface area contributed by atoms with E-state index in [4.69, 9.17) is 0 Å². The van der Waals surface area contributed by atoms with Crippen molar-refractivity contribution in [2.24, 2.45) is 0 Å². The summed E-state index contributed by atoms with van der Waals surface area (Å²) >= 11 is 5.22. The van der Waals surface area contributed by atoms with Crippen molar-refractivity contribution in [3.8, 4) is 0 Å². The minimum Gasteiger partial charge on any atom is -0.252 e. The molecule has 0 radical (unpaired) electrons. The van der Waals surface area contributed by atoms with Crippen LogP contribution in [0.3, 0.4) is 0 Å². The molecule has 1 nitrogen and oxygen atoms in total. The van der Waals surface area contributed by atoms with Crippen LogP contribution in [0.4, 0.5) is 8.78 Å². The molecule has 13 heavy (non-hydrogen) atoms. The van der Waals surface area contributed by atoms with Gasteiger partial charge in [0.05, 0.1) is 0 Å². The van der Waals surface area contributed by atoms with Gasteiger partial charge in [-0.1, -0.05) is 15.9 Å².